The third kappa shape index (κ3) is 2.70. The highest BCUT2D eigenvalue weighted by Gasteiger charge is 2.03. The number of pyridine rings is 1. The van der Waals surface area contributed by atoms with Crippen molar-refractivity contribution in [3.05, 3.63) is 36.5 Å². The van der Waals surface area contributed by atoms with Crippen molar-refractivity contribution >= 4 is 16.8 Å². The Morgan fingerprint density at radius 3 is 3.06 bits per heavy atom. The van der Waals surface area contributed by atoms with Gasteiger partial charge in [0.2, 0.25) is 5.91 Å². The Bertz CT molecular complexity index is 523. The Labute approximate surface area is 98.6 Å². The van der Waals surface area contributed by atoms with Gasteiger partial charge >= 0.3 is 0 Å². The molecule has 0 fully saturated rings. The number of hydrogen-bond donors (Lipinski definition) is 2. The second-order valence-corrected chi connectivity index (χ2v) is 3.49. The fourth-order valence-electron chi connectivity index (χ4n) is 1.53. The molecule has 17 heavy (non-hydrogen) atoms. The normalized spacial score (nSPS) is 10.2. The second kappa shape index (κ2) is 5.27. The fraction of sp³-hybridized carbons (Fsp3) is 0.167. The van der Waals surface area contributed by atoms with Crippen molar-refractivity contribution in [2.45, 2.75) is 6.42 Å². The number of ether oxygens (including phenoxy) is 1. The van der Waals surface area contributed by atoms with E-state index in [4.69, 9.17) is 10.6 Å². The lowest BCUT2D eigenvalue weighted by Gasteiger charge is -2.08. The van der Waals surface area contributed by atoms with Gasteiger partial charge in [0.15, 0.2) is 0 Å². The van der Waals surface area contributed by atoms with Crippen LogP contribution in [0, 0.1) is 0 Å². The molecule has 0 radical (unpaired) electrons. The standard InChI is InChI=1S/C12H13N3O2/c13-15-12(16)6-8-17-11-5-1-4-10-9(11)3-2-7-14-10/h1-5,7H,6,8,13H2,(H,15,16). The minimum absolute atomic E-state index is 0.229. The van der Waals surface area contributed by atoms with Crippen molar-refractivity contribution < 1.29 is 9.53 Å². The Kier molecular flexibility index (Phi) is 3.52. The highest BCUT2D eigenvalue weighted by molar-refractivity contribution is 5.84. The molecule has 1 amide bonds. The maximum atomic E-state index is 10.9. The molecule has 0 unspecified atom stereocenters. The lowest BCUT2D eigenvalue weighted by Crippen LogP contribution is -2.31. The largest absolute Gasteiger partial charge is 0.492 e. The van der Waals surface area contributed by atoms with E-state index in [0.717, 1.165) is 16.7 Å². The molecule has 0 atom stereocenters. The van der Waals surface area contributed by atoms with Crippen LogP contribution in [-0.4, -0.2) is 17.5 Å². The maximum Gasteiger partial charge on any atom is 0.237 e. The molecule has 0 aliphatic heterocycles. The summed E-state index contributed by atoms with van der Waals surface area (Å²) in [6.07, 6.45) is 1.96. The zero-order valence-electron chi connectivity index (χ0n) is 9.22. The average Bonchev–Trinajstić information content (AvgIpc) is 2.39. The van der Waals surface area contributed by atoms with Crippen molar-refractivity contribution in [2.75, 3.05) is 6.61 Å². The van der Waals surface area contributed by atoms with Crippen molar-refractivity contribution in [2.24, 2.45) is 5.84 Å². The van der Waals surface area contributed by atoms with Gasteiger partial charge < -0.3 is 4.74 Å². The molecule has 0 aliphatic rings. The Balaban J connectivity index is 2.11. The third-order valence-electron chi connectivity index (χ3n) is 2.35. The van der Waals surface area contributed by atoms with E-state index in [1.165, 1.54) is 0 Å². The topological polar surface area (TPSA) is 77.2 Å². The second-order valence-electron chi connectivity index (χ2n) is 3.49. The molecule has 1 heterocycles. The number of carbonyl (C=O) groups excluding carboxylic acids is 1. The van der Waals surface area contributed by atoms with E-state index in [-0.39, 0.29) is 18.9 Å². The molecule has 0 aliphatic carbocycles. The first-order chi connectivity index (χ1) is 8.31. The Morgan fingerprint density at radius 1 is 1.35 bits per heavy atom. The van der Waals surface area contributed by atoms with Crippen LogP contribution >= 0.6 is 0 Å². The van der Waals surface area contributed by atoms with Gasteiger partial charge in [-0.15, -0.1) is 0 Å². The molecule has 2 rings (SSSR count). The first-order valence-electron chi connectivity index (χ1n) is 5.27. The summed E-state index contributed by atoms with van der Waals surface area (Å²) >= 11 is 0. The molecule has 1 aromatic carbocycles. The number of carbonyl (C=O) groups is 1. The fourth-order valence-corrected chi connectivity index (χ4v) is 1.53. The molecule has 2 aromatic rings. The summed E-state index contributed by atoms with van der Waals surface area (Å²) < 4.78 is 5.54. The van der Waals surface area contributed by atoms with Crippen LogP contribution in [0.5, 0.6) is 5.75 Å². The summed E-state index contributed by atoms with van der Waals surface area (Å²) in [5.41, 5.74) is 2.93. The van der Waals surface area contributed by atoms with E-state index >= 15 is 0 Å². The van der Waals surface area contributed by atoms with Crippen LogP contribution in [0.4, 0.5) is 0 Å². The Morgan fingerprint density at radius 2 is 2.24 bits per heavy atom. The smallest absolute Gasteiger partial charge is 0.237 e. The molecule has 0 saturated heterocycles. The van der Waals surface area contributed by atoms with Crippen LogP contribution in [0.3, 0.4) is 0 Å². The Hall–Kier alpha value is -2.14. The molecular weight excluding hydrogens is 218 g/mol. The van der Waals surface area contributed by atoms with E-state index in [1.54, 1.807) is 6.20 Å². The zero-order valence-corrected chi connectivity index (χ0v) is 9.22. The van der Waals surface area contributed by atoms with Gasteiger partial charge in [0.05, 0.1) is 18.5 Å². The van der Waals surface area contributed by atoms with Crippen LogP contribution in [0.15, 0.2) is 36.5 Å². The number of amides is 1. The molecule has 0 bridgehead atoms. The van der Waals surface area contributed by atoms with Crippen LogP contribution in [0.1, 0.15) is 6.42 Å². The van der Waals surface area contributed by atoms with E-state index in [1.807, 2.05) is 30.3 Å². The first kappa shape index (κ1) is 11.3. The highest BCUT2D eigenvalue weighted by Crippen LogP contribution is 2.23. The number of benzene rings is 1. The SMILES string of the molecule is NNC(=O)CCOc1cccc2ncccc12. The summed E-state index contributed by atoms with van der Waals surface area (Å²) in [4.78, 5) is 15.2. The van der Waals surface area contributed by atoms with Crippen molar-refractivity contribution in [1.82, 2.24) is 10.4 Å². The van der Waals surface area contributed by atoms with Gasteiger partial charge in [-0.05, 0) is 24.3 Å². The number of nitrogens with two attached hydrogens (primary N) is 1. The van der Waals surface area contributed by atoms with E-state index in [2.05, 4.69) is 10.4 Å². The minimum Gasteiger partial charge on any atom is -0.492 e. The number of nitrogens with zero attached hydrogens (tertiary/aromatic N) is 1. The number of aromatic nitrogens is 1. The van der Waals surface area contributed by atoms with Gasteiger partial charge in [-0.2, -0.15) is 0 Å². The zero-order chi connectivity index (χ0) is 12.1. The van der Waals surface area contributed by atoms with E-state index in [0.29, 0.717) is 0 Å². The first-order valence-corrected chi connectivity index (χ1v) is 5.27. The lowest BCUT2D eigenvalue weighted by molar-refractivity contribution is -0.121. The summed E-state index contributed by atoms with van der Waals surface area (Å²) in [6, 6.07) is 9.41. The van der Waals surface area contributed by atoms with Crippen LogP contribution in [-0.2, 0) is 4.79 Å². The van der Waals surface area contributed by atoms with Gasteiger partial charge in [0.1, 0.15) is 5.75 Å². The highest BCUT2D eigenvalue weighted by atomic mass is 16.5. The lowest BCUT2D eigenvalue weighted by atomic mass is 10.2. The number of hydrogen-bond acceptors (Lipinski definition) is 4. The predicted molar refractivity (Wildman–Crippen MR) is 64.2 cm³/mol. The summed E-state index contributed by atoms with van der Waals surface area (Å²) in [5, 5.41) is 0.933. The van der Waals surface area contributed by atoms with Crippen LogP contribution in [0.2, 0.25) is 0 Å². The average molecular weight is 231 g/mol. The number of fused-ring (bicyclic) bond motifs is 1. The van der Waals surface area contributed by atoms with Gasteiger partial charge in [-0.25, -0.2) is 5.84 Å². The van der Waals surface area contributed by atoms with Crippen LogP contribution in [0.25, 0.3) is 10.9 Å². The van der Waals surface area contributed by atoms with Gasteiger partial charge in [0.25, 0.3) is 0 Å². The molecular formula is C12H13N3O2. The maximum absolute atomic E-state index is 10.9. The summed E-state index contributed by atoms with van der Waals surface area (Å²) in [6.45, 7) is 0.289. The van der Waals surface area contributed by atoms with Gasteiger partial charge in [0, 0.05) is 11.6 Å². The number of hydrazine groups is 1. The molecule has 5 heteroatoms. The number of nitrogens with one attached hydrogen (secondary N) is 1. The van der Waals surface area contributed by atoms with E-state index in [9.17, 15) is 4.79 Å². The molecule has 88 valence electrons. The molecule has 3 N–H and O–H groups in total. The summed E-state index contributed by atoms with van der Waals surface area (Å²) in [7, 11) is 0. The molecule has 5 nitrogen and oxygen atoms in total. The predicted octanol–water partition coefficient (Wildman–Crippen LogP) is 0.994. The molecule has 1 aromatic heterocycles. The molecule has 0 spiro atoms. The van der Waals surface area contributed by atoms with Crippen molar-refractivity contribution in [3.63, 3.8) is 0 Å². The molecule has 0 saturated carbocycles. The summed E-state index contributed by atoms with van der Waals surface area (Å²) in [5.74, 6) is 5.45. The number of rotatable bonds is 4. The minimum atomic E-state index is -0.247. The quantitative estimate of drug-likeness (QED) is 0.467. The third-order valence-corrected chi connectivity index (χ3v) is 2.35. The van der Waals surface area contributed by atoms with Gasteiger partial charge in [-0.1, -0.05) is 6.07 Å². The van der Waals surface area contributed by atoms with Crippen molar-refractivity contribution in [3.8, 4) is 5.75 Å². The monoisotopic (exact) mass is 231 g/mol. The van der Waals surface area contributed by atoms with Gasteiger partial charge in [-0.3, -0.25) is 15.2 Å². The van der Waals surface area contributed by atoms with E-state index < -0.39 is 0 Å². The van der Waals surface area contributed by atoms with Crippen molar-refractivity contribution in [1.29, 1.82) is 0 Å². The van der Waals surface area contributed by atoms with Crippen LogP contribution < -0.4 is 16.0 Å².